The van der Waals surface area contributed by atoms with Gasteiger partial charge in [-0.25, -0.2) is 9.78 Å². The number of ether oxygens (including phenoxy) is 2. The Bertz CT molecular complexity index is 1350. The van der Waals surface area contributed by atoms with E-state index >= 15 is 0 Å². The summed E-state index contributed by atoms with van der Waals surface area (Å²) in [6, 6.07) is 17.1. The van der Waals surface area contributed by atoms with E-state index in [-0.39, 0.29) is 29.9 Å². The largest absolute Gasteiger partial charge is 0.497 e. The molecule has 2 aliphatic rings. The van der Waals surface area contributed by atoms with Crippen molar-refractivity contribution < 1.29 is 19.1 Å². The van der Waals surface area contributed by atoms with Crippen LogP contribution >= 0.6 is 23.1 Å². The summed E-state index contributed by atoms with van der Waals surface area (Å²) in [5.41, 5.74) is 6.11. The lowest BCUT2D eigenvalue weighted by Gasteiger charge is -2.52. The van der Waals surface area contributed by atoms with Crippen LogP contribution in [0, 0.1) is 6.92 Å². The molecule has 1 saturated heterocycles. The zero-order valence-corrected chi connectivity index (χ0v) is 22.9. The first kappa shape index (κ1) is 26.1. The molecule has 3 aromatic rings. The SMILES string of the molecule is COc1ccc(COC(=O)C2=C(/C=C\c3scnc3C)CS[C@@H]3[C@H](NC(=O)Cc4ccccc4)CN23)cc1. The summed E-state index contributed by atoms with van der Waals surface area (Å²) in [7, 11) is 1.62. The van der Waals surface area contributed by atoms with Crippen LogP contribution in [0.4, 0.5) is 0 Å². The summed E-state index contributed by atoms with van der Waals surface area (Å²) in [6.45, 7) is 2.70. The van der Waals surface area contributed by atoms with Gasteiger partial charge in [0.1, 0.15) is 18.1 Å². The van der Waals surface area contributed by atoms with Crippen molar-refractivity contribution in [2.24, 2.45) is 0 Å². The molecule has 9 heteroatoms. The third-order valence-electron chi connectivity index (χ3n) is 6.54. The van der Waals surface area contributed by atoms with Gasteiger partial charge in [-0.05, 0) is 41.8 Å². The van der Waals surface area contributed by atoms with Crippen LogP contribution in [0.15, 0.2) is 77.5 Å². The van der Waals surface area contributed by atoms with Gasteiger partial charge in [0.15, 0.2) is 0 Å². The number of aromatic nitrogens is 1. The van der Waals surface area contributed by atoms with Gasteiger partial charge in [0.05, 0.1) is 36.2 Å². The number of rotatable bonds is 9. The number of allylic oxidation sites excluding steroid dienone is 1. The molecule has 3 heterocycles. The first-order valence-corrected chi connectivity index (χ1v) is 14.3. The number of aryl methyl sites for hydroxylation is 1. The smallest absolute Gasteiger partial charge is 0.355 e. The highest BCUT2D eigenvalue weighted by molar-refractivity contribution is 8.00. The molecule has 2 aromatic carbocycles. The van der Waals surface area contributed by atoms with Crippen molar-refractivity contribution in [3.63, 3.8) is 0 Å². The van der Waals surface area contributed by atoms with Gasteiger partial charge in [-0.1, -0.05) is 48.5 Å². The van der Waals surface area contributed by atoms with Crippen molar-refractivity contribution in [2.45, 2.75) is 31.4 Å². The molecule has 0 radical (unpaired) electrons. The maximum atomic E-state index is 13.4. The molecule has 1 N–H and O–H groups in total. The molecule has 0 bridgehead atoms. The highest BCUT2D eigenvalue weighted by Gasteiger charge is 2.46. The van der Waals surface area contributed by atoms with Crippen LogP contribution in [-0.2, 0) is 27.4 Å². The van der Waals surface area contributed by atoms with E-state index in [1.54, 1.807) is 30.2 Å². The van der Waals surface area contributed by atoms with Gasteiger partial charge in [0.2, 0.25) is 5.91 Å². The van der Waals surface area contributed by atoms with Crippen LogP contribution in [-0.4, -0.2) is 52.6 Å². The number of thioether (sulfide) groups is 1. The van der Waals surface area contributed by atoms with E-state index in [1.807, 2.05) is 79.2 Å². The Morgan fingerprint density at radius 3 is 2.61 bits per heavy atom. The molecule has 5 rings (SSSR count). The molecule has 1 fully saturated rings. The third-order valence-corrected chi connectivity index (χ3v) is 8.84. The number of methoxy groups -OCH3 is 1. The van der Waals surface area contributed by atoms with Gasteiger partial charge in [-0.2, -0.15) is 0 Å². The molecule has 1 amide bonds. The van der Waals surface area contributed by atoms with Crippen LogP contribution in [0.3, 0.4) is 0 Å². The highest BCUT2D eigenvalue weighted by atomic mass is 32.2. The Balaban J connectivity index is 1.30. The fourth-order valence-corrected chi connectivity index (χ4v) is 6.49. The first-order chi connectivity index (χ1) is 18.5. The second kappa shape index (κ2) is 11.9. The number of amides is 1. The Hall–Kier alpha value is -3.56. The van der Waals surface area contributed by atoms with Crippen molar-refractivity contribution in [1.29, 1.82) is 0 Å². The molecule has 2 aliphatic heterocycles. The lowest BCUT2D eigenvalue weighted by molar-refractivity contribution is -0.143. The quantitative estimate of drug-likeness (QED) is 0.393. The normalized spacial score (nSPS) is 18.6. The lowest BCUT2D eigenvalue weighted by Crippen LogP contribution is -2.66. The summed E-state index contributed by atoms with van der Waals surface area (Å²) < 4.78 is 11.0. The van der Waals surface area contributed by atoms with Crippen molar-refractivity contribution in [1.82, 2.24) is 15.2 Å². The van der Waals surface area contributed by atoms with E-state index in [9.17, 15) is 9.59 Å². The fourth-order valence-electron chi connectivity index (χ4n) is 4.46. The second-order valence-corrected chi connectivity index (χ2v) is 11.1. The van der Waals surface area contributed by atoms with Crippen LogP contribution in [0.1, 0.15) is 21.7 Å². The molecule has 0 spiro atoms. The van der Waals surface area contributed by atoms with Gasteiger partial charge in [-0.15, -0.1) is 23.1 Å². The van der Waals surface area contributed by atoms with E-state index < -0.39 is 0 Å². The second-order valence-electron chi connectivity index (χ2n) is 9.12. The summed E-state index contributed by atoms with van der Waals surface area (Å²) in [4.78, 5) is 33.5. The number of esters is 1. The molecular weight excluding hydrogens is 518 g/mol. The number of hydrogen-bond donors (Lipinski definition) is 1. The lowest BCUT2D eigenvalue weighted by atomic mass is 10.0. The number of carbonyl (C=O) groups is 2. The van der Waals surface area contributed by atoms with E-state index in [0.717, 1.165) is 33.0 Å². The topological polar surface area (TPSA) is 80.8 Å². The maximum absolute atomic E-state index is 13.4. The number of thiazole rings is 1. The highest BCUT2D eigenvalue weighted by Crippen LogP contribution is 2.40. The summed E-state index contributed by atoms with van der Waals surface area (Å²) in [5.74, 6) is 1.02. The number of nitrogens with zero attached hydrogens (tertiary/aromatic N) is 2. The molecule has 7 nitrogen and oxygen atoms in total. The number of hydrogen-bond acceptors (Lipinski definition) is 8. The Morgan fingerprint density at radius 2 is 1.89 bits per heavy atom. The fraction of sp³-hybridized carbons (Fsp3) is 0.276. The van der Waals surface area contributed by atoms with Gasteiger partial charge < -0.3 is 19.7 Å². The minimum absolute atomic E-state index is 0.0134. The molecule has 0 aliphatic carbocycles. The predicted molar refractivity (Wildman–Crippen MR) is 151 cm³/mol. The van der Waals surface area contributed by atoms with Gasteiger partial charge >= 0.3 is 5.97 Å². The monoisotopic (exact) mass is 547 g/mol. The average Bonchev–Trinajstić information content (AvgIpc) is 3.34. The van der Waals surface area contributed by atoms with Gasteiger partial charge in [0, 0.05) is 17.2 Å². The van der Waals surface area contributed by atoms with E-state index in [0.29, 0.717) is 24.4 Å². The molecule has 196 valence electrons. The minimum atomic E-state index is -0.360. The molecular formula is C29H29N3O4S2. The summed E-state index contributed by atoms with van der Waals surface area (Å²) in [6.07, 6.45) is 4.34. The molecule has 0 unspecified atom stereocenters. The zero-order valence-electron chi connectivity index (χ0n) is 21.3. The number of carbonyl (C=O) groups excluding carboxylic acids is 2. The minimum Gasteiger partial charge on any atom is -0.497 e. The molecule has 1 aromatic heterocycles. The van der Waals surface area contributed by atoms with Gasteiger partial charge in [0.25, 0.3) is 0 Å². The van der Waals surface area contributed by atoms with E-state index in [1.165, 1.54) is 0 Å². The van der Waals surface area contributed by atoms with E-state index in [4.69, 9.17) is 9.47 Å². The maximum Gasteiger partial charge on any atom is 0.355 e. The summed E-state index contributed by atoms with van der Waals surface area (Å²) >= 11 is 3.29. The number of benzene rings is 2. The average molecular weight is 548 g/mol. The first-order valence-electron chi connectivity index (χ1n) is 12.3. The summed E-state index contributed by atoms with van der Waals surface area (Å²) in [5, 5.41) is 3.14. The molecule has 0 saturated carbocycles. The molecule has 38 heavy (non-hydrogen) atoms. The van der Waals surface area contributed by atoms with Crippen LogP contribution < -0.4 is 10.1 Å². The Labute approximate surface area is 230 Å². The molecule has 2 atom stereocenters. The van der Waals surface area contributed by atoms with Crippen LogP contribution in [0.5, 0.6) is 5.75 Å². The van der Waals surface area contributed by atoms with Crippen molar-refractivity contribution in [2.75, 3.05) is 19.4 Å². The van der Waals surface area contributed by atoms with Crippen LogP contribution in [0.2, 0.25) is 0 Å². The van der Waals surface area contributed by atoms with Crippen molar-refractivity contribution in [3.8, 4) is 5.75 Å². The van der Waals surface area contributed by atoms with Crippen molar-refractivity contribution in [3.05, 3.63) is 99.2 Å². The zero-order chi connectivity index (χ0) is 26.5. The van der Waals surface area contributed by atoms with Crippen molar-refractivity contribution >= 4 is 41.1 Å². The predicted octanol–water partition coefficient (Wildman–Crippen LogP) is 4.59. The Morgan fingerprint density at radius 1 is 1.11 bits per heavy atom. The third kappa shape index (κ3) is 5.95. The number of nitrogens with one attached hydrogen (secondary N) is 1. The van der Waals surface area contributed by atoms with Crippen LogP contribution in [0.25, 0.3) is 6.08 Å². The Kier molecular flexibility index (Phi) is 8.14. The van der Waals surface area contributed by atoms with E-state index in [2.05, 4.69) is 15.2 Å². The number of fused-ring (bicyclic) bond motifs is 1. The standard InChI is InChI=1S/C29H29N3O4S2/c1-19-25(38-18-30-19)13-10-22-17-37-28-24(31-26(33)14-20-6-4-3-5-7-20)15-32(28)27(22)29(34)36-16-21-8-11-23(35-2)12-9-21/h3-13,18,24,28H,14-17H2,1-2H3,(H,31,33)/b13-10-/t24-,28-/m1/s1. The van der Waals surface area contributed by atoms with Gasteiger partial charge in [-0.3, -0.25) is 4.79 Å².